The Morgan fingerprint density at radius 1 is 1.04 bits per heavy atom. The van der Waals surface area contributed by atoms with E-state index < -0.39 is 0 Å². The molecule has 7 nitrogen and oxygen atoms in total. The van der Waals surface area contributed by atoms with Gasteiger partial charge in [0, 0.05) is 31.3 Å². The summed E-state index contributed by atoms with van der Waals surface area (Å²) in [6, 6.07) is 9.82. The molecule has 0 aliphatic rings. The van der Waals surface area contributed by atoms with Gasteiger partial charge in [-0.25, -0.2) is 0 Å². The summed E-state index contributed by atoms with van der Waals surface area (Å²) < 4.78 is 4.97. The summed E-state index contributed by atoms with van der Waals surface area (Å²) in [7, 11) is 1.56. The van der Waals surface area contributed by atoms with Crippen LogP contribution in [0, 0.1) is 0 Å². The Bertz CT molecular complexity index is 693. The second-order valence-corrected chi connectivity index (χ2v) is 5.04. The van der Waals surface area contributed by atoms with Gasteiger partial charge < -0.3 is 20.4 Å². The number of anilines is 1. The van der Waals surface area contributed by atoms with E-state index in [1.54, 1.807) is 43.4 Å². The molecule has 0 spiro atoms. The number of carbonyl (C=O) groups excluding carboxylic acids is 3. The van der Waals surface area contributed by atoms with Crippen molar-refractivity contribution in [2.75, 3.05) is 18.9 Å². The van der Waals surface area contributed by atoms with Gasteiger partial charge in [-0.1, -0.05) is 0 Å². The van der Waals surface area contributed by atoms with Crippen LogP contribution in [0.25, 0.3) is 0 Å². The van der Waals surface area contributed by atoms with E-state index in [0.29, 0.717) is 24.2 Å². The largest absolute Gasteiger partial charge is 0.459 e. The molecule has 2 rings (SSSR count). The lowest BCUT2D eigenvalue weighted by atomic mass is 10.2. The molecule has 1 aromatic heterocycles. The Hall–Kier alpha value is -3.09. The fourth-order valence-electron chi connectivity index (χ4n) is 2.02. The summed E-state index contributed by atoms with van der Waals surface area (Å²) in [6.45, 7) is 0.378. The summed E-state index contributed by atoms with van der Waals surface area (Å²) >= 11 is 0. The average Bonchev–Trinajstić information content (AvgIpc) is 3.13. The molecular weight excluding hydrogens is 310 g/mol. The molecule has 7 heteroatoms. The lowest BCUT2D eigenvalue weighted by Gasteiger charge is -2.07. The fourth-order valence-corrected chi connectivity index (χ4v) is 2.02. The minimum absolute atomic E-state index is 0.157. The molecular formula is C17H19N3O4. The van der Waals surface area contributed by atoms with E-state index in [4.69, 9.17) is 4.42 Å². The summed E-state index contributed by atoms with van der Waals surface area (Å²) in [4.78, 5) is 34.9. The molecule has 0 aliphatic carbocycles. The molecule has 3 N–H and O–H groups in total. The van der Waals surface area contributed by atoms with E-state index in [9.17, 15) is 14.4 Å². The molecule has 0 saturated carbocycles. The molecule has 1 aromatic carbocycles. The van der Waals surface area contributed by atoms with Gasteiger partial charge in [0.15, 0.2) is 5.76 Å². The predicted octanol–water partition coefficient (Wildman–Crippen LogP) is 1.79. The van der Waals surface area contributed by atoms with Crippen LogP contribution in [0.5, 0.6) is 0 Å². The number of carbonyl (C=O) groups is 3. The fraction of sp³-hybridized carbons (Fsp3) is 0.235. The number of hydrogen-bond acceptors (Lipinski definition) is 4. The van der Waals surface area contributed by atoms with Gasteiger partial charge >= 0.3 is 0 Å². The van der Waals surface area contributed by atoms with Crippen molar-refractivity contribution < 1.29 is 18.8 Å². The monoisotopic (exact) mass is 329 g/mol. The zero-order valence-electron chi connectivity index (χ0n) is 13.3. The molecule has 0 fully saturated rings. The van der Waals surface area contributed by atoms with Crippen molar-refractivity contribution in [3.63, 3.8) is 0 Å². The van der Waals surface area contributed by atoms with Crippen LogP contribution < -0.4 is 16.0 Å². The third kappa shape index (κ3) is 4.98. The molecule has 0 aliphatic heterocycles. The molecule has 0 radical (unpaired) electrons. The van der Waals surface area contributed by atoms with E-state index >= 15 is 0 Å². The minimum atomic E-state index is -0.301. The Balaban J connectivity index is 1.69. The van der Waals surface area contributed by atoms with E-state index in [-0.39, 0.29) is 29.9 Å². The average molecular weight is 329 g/mol. The van der Waals surface area contributed by atoms with Crippen molar-refractivity contribution in [2.45, 2.75) is 12.8 Å². The molecule has 0 saturated heterocycles. The number of amides is 3. The first-order valence-electron chi connectivity index (χ1n) is 7.54. The van der Waals surface area contributed by atoms with Crippen LogP contribution in [0.3, 0.4) is 0 Å². The number of benzene rings is 1. The van der Waals surface area contributed by atoms with Crippen LogP contribution in [-0.2, 0) is 4.79 Å². The van der Waals surface area contributed by atoms with Crippen LogP contribution in [0.15, 0.2) is 47.1 Å². The molecule has 2 aromatic rings. The highest BCUT2D eigenvalue weighted by atomic mass is 16.3. The maximum absolute atomic E-state index is 11.8. The molecule has 3 amide bonds. The maximum Gasteiger partial charge on any atom is 0.286 e. The molecule has 0 atom stereocenters. The lowest BCUT2D eigenvalue weighted by Crippen LogP contribution is -2.25. The molecule has 24 heavy (non-hydrogen) atoms. The van der Waals surface area contributed by atoms with Gasteiger partial charge in [0.2, 0.25) is 5.91 Å². The number of nitrogens with one attached hydrogen (secondary N) is 3. The zero-order chi connectivity index (χ0) is 17.4. The molecule has 1 heterocycles. The summed E-state index contributed by atoms with van der Waals surface area (Å²) in [5, 5.41) is 7.94. The highest BCUT2D eigenvalue weighted by Crippen LogP contribution is 2.10. The topological polar surface area (TPSA) is 100 Å². The third-order valence-corrected chi connectivity index (χ3v) is 3.27. The Kier molecular flexibility index (Phi) is 6.13. The van der Waals surface area contributed by atoms with Gasteiger partial charge in [-0.2, -0.15) is 0 Å². The summed E-state index contributed by atoms with van der Waals surface area (Å²) in [5.74, 6) is -0.393. The van der Waals surface area contributed by atoms with Crippen LogP contribution in [0.1, 0.15) is 33.8 Å². The van der Waals surface area contributed by atoms with Crippen LogP contribution in [-0.4, -0.2) is 31.3 Å². The maximum atomic E-state index is 11.8. The van der Waals surface area contributed by atoms with Crippen LogP contribution >= 0.6 is 0 Å². The summed E-state index contributed by atoms with van der Waals surface area (Å²) in [6.07, 6.45) is 2.21. The zero-order valence-corrected chi connectivity index (χ0v) is 13.3. The smallest absolute Gasteiger partial charge is 0.286 e. The van der Waals surface area contributed by atoms with E-state index in [2.05, 4.69) is 16.0 Å². The Morgan fingerprint density at radius 3 is 2.42 bits per heavy atom. The highest BCUT2D eigenvalue weighted by Gasteiger charge is 2.08. The van der Waals surface area contributed by atoms with Gasteiger partial charge in [0.25, 0.3) is 11.8 Å². The van der Waals surface area contributed by atoms with Crippen molar-refractivity contribution in [3.8, 4) is 0 Å². The van der Waals surface area contributed by atoms with Gasteiger partial charge in [0.05, 0.1) is 6.26 Å². The van der Waals surface area contributed by atoms with Crippen molar-refractivity contribution in [1.29, 1.82) is 0 Å². The first-order valence-corrected chi connectivity index (χ1v) is 7.54. The van der Waals surface area contributed by atoms with Crippen molar-refractivity contribution in [3.05, 3.63) is 54.0 Å². The highest BCUT2D eigenvalue weighted by molar-refractivity contribution is 5.95. The van der Waals surface area contributed by atoms with E-state index in [1.165, 1.54) is 6.26 Å². The standard InChI is InChI=1S/C17H19N3O4/c1-18-16(22)12-6-8-13(9-7-12)20-15(21)5-2-10-19-17(23)14-4-3-11-24-14/h3-4,6-9,11H,2,5,10H2,1H3,(H,18,22)(H,19,23)(H,20,21). The predicted molar refractivity (Wildman–Crippen MR) is 88.7 cm³/mol. The summed E-state index contributed by atoms with van der Waals surface area (Å²) in [5.41, 5.74) is 1.14. The Labute approximate surface area is 139 Å². The van der Waals surface area contributed by atoms with Crippen molar-refractivity contribution in [1.82, 2.24) is 10.6 Å². The lowest BCUT2D eigenvalue weighted by molar-refractivity contribution is -0.116. The van der Waals surface area contributed by atoms with Gasteiger partial charge in [-0.3, -0.25) is 14.4 Å². The quantitative estimate of drug-likeness (QED) is 0.674. The second kappa shape index (κ2) is 8.52. The van der Waals surface area contributed by atoms with Gasteiger partial charge in [-0.15, -0.1) is 0 Å². The van der Waals surface area contributed by atoms with Crippen molar-refractivity contribution >= 4 is 23.4 Å². The van der Waals surface area contributed by atoms with E-state index in [0.717, 1.165) is 0 Å². The van der Waals surface area contributed by atoms with Crippen LogP contribution in [0.2, 0.25) is 0 Å². The van der Waals surface area contributed by atoms with Gasteiger partial charge in [0.1, 0.15) is 0 Å². The SMILES string of the molecule is CNC(=O)c1ccc(NC(=O)CCCNC(=O)c2ccco2)cc1. The normalized spacial score (nSPS) is 10.0. The Morgan fingerprint density at radius 2 is 1.79 bits per heavy atom. The molecule has 126 valence electrons. The molecule has 0 unspecified atom stereocenters. The number of rotatable bonds is 7. The first kappa shape index (κ1) is 17.3. The third-order valence-electron chi connectivity index (χ3n) is 3.27. The van der Waals surface area contributed by atoms with E-state index in [1.807, 2.05) is 0 Å². The van der Waals surface area contributed by atoms with Gasteiger partial charge in [-0.05, 0) is 42.8 Å². The number of hydrogen-bond donors (Lipinski definition) is 3. The number of furan rings is 1. The molecule has 0 bridgehead atoms. The minimum Gasteiger partial charge on any atom is -0.459 e. The van der Waals surface area contributed by atoms with Crippen LogP contribution in [0.4, 0.5) is 5.69 Å². The second-order valence-electron chi connectivity index (χ2n) is 5.04. The van der Waals surface area contributed by atoms with Crippen molar-refractivity contribution in [2.24, 2.45) is 0 Å². The first-order chi connectivity index (χ1) is 11.6.